The molecule has 0 spiro atoms. The molecule has 148 valence electrons. The maximum atomic E-state index is 12.3. The van der Waals surface area contributed by atoms with Crippen LogP contribution in [0.1, 0.15) is 10.4 Å². The third kappa shape index (κ3) is 4.83. The number of hydrogen-bond donors (Lipinski definition) is 2. The molecule has 30 heavy (non-hydrogen) atoms. The molecule has 0 radical (unpaired) electrons. The molecular formula is C25H20N2O3. The number of ether oxygens (including phenoxy) is 1. The molecule has 0 aliphatic rings. The number of anilines is 2. The number of fused-ring (bicyclic) bond motifs is 1. The number of amides is 2. The van der Waals surface area contributed by atoms with Gasteiger partial charge in [-0.25, -0.2) is 0 Å². The van der Waals surface area contributed by atoms with E-state index >= 15 is 0 Å². The van der Waals surface area contributed by atoms with E-state index in [0.29, 0.717) is 22.7 Å². The lowest BCUT2D eigenvalue weighted by Gasteiger charge is -2.10. The van der Waals surface area contributed by atoms with Crippen LogP contribution in [0.4, 0.5) is 11.4 Å². The van der Waals surface area contributed by atoms with Gasteiger partial charge in [-0.3, -0.25) is 9.59 Å². The van der Waals surface area contributed by atoms with Crippen molar-refractivity contribution >= 4 is 34.0 Å². The first-order valence-electron chi connectivity index (χ1n) is 9.55. The minimum atomic E-state index is -0.283. The largest absolute Gasteiger partial charge is 0.484 e. The summed E-state index contributed by atoms with van der Waals surface area (Å²) < 4.78 is 5.62. The molecule has 0 atom stereocenters. The first-order valence-corrected chi connectivity index (χ1v) is 9.55. The van der Waals surface area contributed by atoms with Crippen LogP contribution in [0, 0.1) is 0 Å². The van der Waals surface area contributed by atoms with E-state index in [1.807, 2.05) is 48.5 Å². The monoisotopic (exact) mass is 396 g/mol. The van der Waals surface area contributed by atoms with Crippen molar-refractivity contribution in [2.24, 2.45) is 0 Å². The molecular weight excluding hydrogens is 376 g/mol. The number of nitrogens with one attached hydrogen (secondary N) is 2. The highest BCUT2D eigenvalue weighted by Crippen LogP contribution is 2.21. The Morgan fingerprint density at radius 3 is 2.17 bits per heavy atom. The van der Waals surface area contributed by atoms with Gasteiger partial charge in [0, 0.05) is 16.9 Å². The fourth-order valence-electron chi connectivity index (χ4n) is 3.07. The zero-order chi connectivity index (χ0) is 20.8. The van der Waals surface area contributed by atoms with E-state index in [0.717, 1.165) is 10.8 Å². The lowest BCUT2D eigenvalue weighted by Crippen LogP contribution is -2.20. The second kappa shape index (κ2) is 8.92. The third-order valence-corrected chi connectivity index (χ3v) is 4.53. The Morgan fingerprint density at radius 2 is 1.37 bits per heavy atom. The van der Waals surface area contributed by atoms with Gasteiger partial charge < -0.3 is 15.4 Å². The van der Waals surface area contributed by atoms with E-state index in [2.05, 4.69) is 10.6 Å². The Morgan fingerprint density at radius 1 is 0.667 bits per heavy atom. The molecule has 0 fully saturated rings. The predicted octanol–water partition coefficient (Wildman–Crippen LogP) is 5.11. The van der Waals surface area contributed by atoms with Gasteiger partial charge in [-0.1, -0.05) is 54.6 Å². The molecule has 4 rings (SSSR count). The maximum absolute atomic E-state index is 12.3. The minimum Gasteiger partial charge on any atom is -0.484 e. The zero-order valence-corrected chi connectivity index (χ0v) is 16.2. The van der Waals surface area contributed by atoms with Crippen LogP contribution in [-0.2, 0) is 4.79 Å². The fourth-order valence-corrected chi connectivity index (χ4v) is 3.07. The van der Waals surface area contributed by atoms with Gasteiger partial charge in [-0.15, -0.1) is 0 Å². The Bertz CT molecular complexity index is 1190. The molecule has 0 aliphatic carbocycles. The molecule has 4 aromatic rings. The summed E-state index contributed by atoms with van der Waals surface area (Å²) >= 11 is 0. The van der Waals surface area contributed by atoms with Gasteiger partial charge in [0.2, 0.25) is 0 Å². The SMILES string of the molecule is O=C(COc1ccc2ccccc2c1)Nc1cccc(NC(=O)c2ccccc2)c1. The molecule has 4 aromatic carbocycles. The lowest BCUT2D eigenvalue weighted by molar-refractivity contribution is -0.118. The Balaban J connectivity index is 1.35. The van der Waals surface area contributed by atoms with Crippen LogP contribution in [-0.4, -0.2) is 18.4 Å². The number of benzene rings is 4. The molecule has 0 heterocycles. The van der Waals surface area contributed by atoms with Crippen LogP contribution in [0.15, 0.2) is 97.1 Å². The average Bonchev–Trinajstić information content (AvgIpc) is 2.78. The van der Waals surface area contributed by atoms with Crippen molar-refractivity contribution in [3.05, 3.63) is 103 Å². The highest BCUT2D eigenvalue weighted by molar-refractivity contribution is 6.04. The predicted molar refractivity (Wildman–Crippen MR) is 119 cm³/mol. The molecule has 0 aliphatic heterocycles. The summed E-state index contributed by atoms with van der Waals surface area (Å²) in [5.41, 5.74) is 1.74. The first kappa shape index (κ1) is 19.2. The van der Waals surface area contributed by atoms with Gasteiger partial charge in [0.25, 0.3) is 11.8 Å². The van der Waals surface area contributed by atoms with Crippen LogP contribution in [0.2, 0.25) is 0 Å². The van der Waals surface area contributed by atoms with Crippen LogP contribution in [0.25, 0.3) is 10.8 Å². The van der Waals surface area contributed by atoms with E-state index in [-0.39, 0.29) is 18.4 Å². The van der Waals surface area contributed by atoms with E-state index in [4.69, 9.17) is 4.74 Å². The molecule has 0 saturated heterocycles. The highest BCUT2D eigenvalue weighted by Gasteiger charge is 2.08. The van der Waals surface area contributed by atoms with Crippen molar-refractivity contribution in [1.29, 1.82) is 0 Å². The van der Waals surface area contributed by atoms with E-state index in [9.17, 15) is 9.59 Å². The molecule has 2 N–H and O–H groups in total. The molecule has 0 unspecified atom stereocenters. The van der Waals surface area contributed by atoms with Crippen molar-refractivity contribution in [3.63, 3.8) is 0 Å². The van der Waals surface area contributed by atoms with Gasteiger partial charge in [0.1, 0.15) is 5.75 Å². The summed E-state index contributed by atoms with van der Waals surface area (Å²) in [5, 5.41) is 7.78. The standard InChI is InChI=1S/C25H20N2O3/c28-24(17-30-23-14-13-18-7-4-5-10-20(18)15-23)26-21-11-6-12-22(16-21)27-25(29)19-8-2-1-3-9-19/h1-16H,17H2,(H,26,28)(H,27,29). The molecule has 0 bridgehead atoms. The van der Waals surface area contributed by atoms with Crippen molar-refractivity contribution in [1.82, 2.24) is 0 Å². The number of carbonyl (C=O) groups is 2. The van der Waals surface area contributed by atoms with Gasteiger partial charge in [0.05, 0.1) is 0 Å². The minimum absolute atomic E-state index is 0.112. The summed E-state index contributed by atoms with van der Waals surface area (Å²) in [6, 6.07) is 29.6. The summed E-state index contributed by atoms with van der Waals surface area (Å²) in [6.07, 6.45) is 0. The fraction of sp³-hybridized carbons (Fsp3) is 0.0400. The molecule has 0 aromatic heterocycles. The first-order chi connectivity index (χ1) is 14.7. The lowest BCUT2D eigenvalue weighted by atomic mass is 10.1. The molecule has 0 saturated carbocycles. The second-order valence-electron chi connectivity index (χ2n) is 6.75. The van der Waals surface area contributed by atoms with Crippen molar-refractivity contribution in [2.75, 3.05) is 17.2 Å². The average molecular weight is 396 g/mol. The topological polar surface area (TPSA) is 67.4 Å². The Kier molecular flexibility index (Phi) is 5.71. The second-order valence-corrected chi connectivity index (χ2v) is 6.75. The summed E-state index contributed by atoms with van der Waals surface area (Å²) in [5.74, 6) is 0.140. The van der Waals surface area contributed by atoms with Gasteiger partial charge in [-0.05, 0) is 53.2 Å². The number of rotatable bonds is 6. The van der Waals surface area contributed by atoms with Crippen LogP contribution in [0.5, 0.6) is 5.75 Å². The Labute approximate surface area is 174 Å². The quantitative estimate of drug-likeness (QED) is 0.476. The van der Waals surface area contributed by atoms with Crippen LogP contribution < -0.4 is 15.4 Å². The summed E-state index contributed by atoms with van der Waals surface area (Å²) in [4.78, 5) is 24.6. The van der Waals surface area contributed by atoms with Crippen molar-refractivity contribution in [2.45, 2.75) is 0 Å². The van der Waals surface area contributed by atoms with Crippen LogP contribution >= 0.6 is 0 Å². The summed E-state index contributed by atoms with van der Waals surface area (Å²) in [7, 11) is 0. The Hall–Kier alpha value is -4.12. The number of hydrogen-bond acceptors (Lipinski definition) is 3. The van der Waals surface area contributed by atoms with Crippen molar-refractivity contribution < 1.29 is 14.3 Å². The third-order valence-electron chi connectivity index (χ3n) is 4.53. The highest BCUT2D eigenvalue weighted by atomic mass is 16.5. The zero-order valence-electron chi connectivity index (χ0n) is 16.2. The van der Waals surface area contributed by atoms with E-state index < -0.39 is 0 Å². The molecule has 5 nitrogen and oxygen atoms in total. The molecule has 2 amide bonds. The smallest absolute Gasteiger partial charge is 0.262 e. The van der Waals surface area contributed by atoms with Crippen LogP contribution in [0.3, 0.4) is 0 Å². The van der Waals surface area contributed by atoms with Crippen molar-refractivity contribution in [3.8, 4) is 5.75 Å². The summed E-state index contributed by atoms with van der Waals surface area (Å²) in [6.45, 7) is -0.112. The normalized spacial score (nSPS) is 10.4. The maximum Gasteiger partial charge on any atom is 0.262 e. The van der Waals surface area contributed by atoms with Gasteiger partial charge >= 0.3 is 0 Å². The van der Waals surface area contributed by atoms with Gasteiger partial charge in [-0.2, -0.15) is 0 Å². The van der Waals surface area contributed by atoms with E-state index in [1.165, 1.54) is 0 Å². The van der Waals surface area contributed by atoms with E-state index in [1.54, 1.807) is 48.5 Å². The molecule has 5 heteroatoms. The van der Waals surface area contributed by atoms with Gasteiger partial charge in [0.15, 0.2) is 6.61 Å². The number of carbonyl (C=O) groups excluding carboxylic acids is 2.